The van der Waals surface area contributed by atoms with E-state index in [2.05, 4.69) is 27.3 Å². The van der Waals surface area contributed by atoms with Crippen molar-refractivity contribution >= 4 is 38.9 Å². The number of anilines is 1. The third-order valence-corrected chi connectivity index (χ3v) is 3.96. The van der Waals surface area contributed by atoms with Crippen LogP contribution in [0.15, 0.2) is 33.4 Å². The molecule has 0 unspecified atom stereocenters. The summed E-state index contributed by atoms with van der Waals surface area (Å²) in [6.07, 6.45) is 0. The topological polar surface area (TPSA) is 29.1 Å². The van der Waals surface area contributed by atoms with Crippen LogP contribution in [-0.2, 0) is 0 Å². The summed E-state index contributed by atoms with van der Waals surface area (Å²) in [4.78, 5) is 11.9. The third-order valence-electron chi connectivity index (χ3n) is 2.46. The minimum Gasteiger partial charge on any atom is -0.322 e. The quantitative estimate of drug-likeness (QED) is 0.876. The van der Waals surface area contributed by atoms with Crippen LogP contribution in [0.3, 0.4) is 0 Å². The molecule has 1 aromatic heterocycles. The van der Waals surface area contributed by atoms with Gasteiger partial charge in [0.15, 0.2) is 0 Å². The molecule has 0 bridgehead atoms. The summed E-state index contributed by atoms with van der Waals surface area (Å²) >= 11 is 4.85. The number of nitrogens with one attached hydrogen (secondary N) is 1. The number of benzene rings is 1. The van der Waals surface area contributed by atoms with Crippen molar-refractivity contribution in [3.05, 3.63) is 50.1 Å². The van der Waals surface area contributed by atoms with Gasteiger partial charge < -0.3 is 5.32 Å². The number of carbonyl (C=O) groups excluding carboxylic acids is 1. The van der Waals surface area contributed by atoms with Gasteiger partial charge in [0.1, 0.15) is 0 Å². The molecule has 0 radical (unpaired) electrons. The molecule has 17 heavy (non-hydrogen) atoms. The Kier molecular flexibility index (Phi) is 3.64. The van der Waals surface area contributed by atoms with Crippen molar-refractivity contribution in [1.82, 2.24) is 0 Å². The van der Waals surface area contributed by atoms with E-state index in [4.69, 9.17) is 0 Å². The van der Waals surface area contributed by atoms with Crippen molar-refractivity contribution in [2.24, 2.45) is 0 Å². The fourth-order valence-corrected chi connectivity index (χ4v) is 2.71. The van der Waals surface area contributed by atoms with Crippen LogP contribution in [0.25, 0.3) is 0 Å². The van der Waals surface area contributed by atoms with E-state index in [1.807, 2.05) is 37.4 Å². The van der Waals surface area contributed by atoms with Gasteiger partial charge in [-0.15, -0.1) is 11.3 Å². The maximum absolute atomic E-state index is 11.9. The lowest BCUT2D eigenvalue weighted by atomic mass is 10.1. The number of rotatable bonds is 2. The van der Waals surface area contributed by atoms with E-state index in [1.54, 1.807) is 0 Å². The van der Waals surface area contributed by atoms with Crippen LogP contribution < -0.4 is 5.32 Å². The van der Waals surface area contributed by atoms with Crippen LogP contribution >= 0.6 is 27.3 Å². The van der Waals surface area contributed by atoms with Crippen molar-refractivity contribution < 1.29 is 4.79 Å². The molecule has 0 saturated heterocycles. The van der Waals surface area contributed by atoms with Gasteiger partial charge in [-0.1, -0.05) is 17.7 Å². The van der Waals surface area contributed by atoms with Crippen LogP contribution in [0.4, 0.5) is 5.69 Å². The number of hydrogen-bond acceptors (Lipinski definition) is 2. The lowest BCUT2D eigenvalue weighted by molar-refractivity contribution is 0.102. The summed E-state index contributed by atoms with van der Waals surface area (Å²) in [5.74, 6) is -0.0705. The second-order valence-electron chi connectivity index (χ2n) is 3.91. The first-order valence-electron chi connectivity index (χ1n) is 5.19. The molecule has 1 amide bonds. The summed E-state index contributed by atoms with van der Waals surface area (Å²) in [5.41, 5.74) is 3.82. The van der Waals surface area contributed by atoms with E-state index in [0.29, 0.717) is 5.56 Å². The van der Waals surface area contributed by atoms with Crippen LogP contribution in [0.5, 0.6) is 0 Å². The molecule has 88 valence electrons. The summed E-state index contributed by atoms with van der Waals surface area (Å²) in [6.45, 7) is 4.03. The fourth-order valence-electron chi connectivity index (χ4n) is 1.58. The first-order chi connectivity index (χ1) is 8.06. The molecule has 0 aliphatic rings. The molecule has 0 atom stereocenters. The fraction of sp³-hybridized carbons (Fsp3) is 0.154. The standard InChI is InChI=1S/C13H12BrNOS/c1-8-3-4-11(9(2)5-8)15-13(16)10-6-12(14)17-7-10/h3-7H,1-2H3,(H,15,16). The van der Waals surface area contributed by atoms with Gasteiger partial charge in [-0.3, -0.25) is 4.79 Å². The Morgan fingerprint density at radius 1 is 1.29 bits per heavy atom. The van der Waals surface area contributed by atoms with Gasteiger partial charge in [0.05, 0.1) is 9.35 Å². The molecular weight excluding hydrogens is 298 g/mol. The largest absolute Gasteiger partial charge is 0.322 e. The van der Waals surface area contributed by atoms with Gasteiger partial charge in [0, 0.05) is 11.1 Å². The number of carbonyl (C=O) groups is 1. The highest BCUT2D eigenvalue weighted by molar-refractivity contribution is 9.11. The Morgan fingerprint density at radius 2 is 2.06 bits per heavy atom. The number of halogens is 1. The first-order valence-corrected chi connectivity index (χ1v) is 6.86. The highest BCUT2D eigenvalue weighted by Crippen LogP contribution is 2.22. The van der Waals surface area contributed by atoms with Gasteiger partial charge in [-0.25, -0.2) is 0 Å². The highest BCUT2D eigenvalue weighted by Gasteiger charge is 2.09. The SMILES string of the molecule is Cc1ccc(NC(=O)c2csc(Br)c2)c(C)c1. The van der Waals surface area contributed by atoms with Crippen molar-refractivity contribution in [2.45, 2.75) is 13.8 Å². The number of thiophene rings is 1. The predicted octanol–water partition coefficient (Wildman–Crippen LogP) is 4.38. The van der Waals surface area contributed by atoms with E-state index in [0.717, 1.165) is 15.0 Å². The molecule has 0 aliphatic heterocycles. The normalized spacial score (nSPS) is 10.3. The Labute approximate surface area is 113 Å². The third kappa shape index (κ3) is 2.96. The number of amides is 1. The van der Waals surface area contributed by atoms with Gasteiger partial charge in [-0.05, 0) is 47.5 Å². The summed E-state index contributed by atoms with van der Waals surface area (Å²) in [7, 11) is 0. The minimum absolute atomic E-state index is 0.0705. The van der Waals surface area contributed by atoms with Crippen molar-refractivity contribution in [3.63, 3.8) is 0 Å². The monoisotopic (exact) mass is 309 g/mol. The Morgan fingerprint density at radius 3 is 2.65 bits per heavy atom. The zero-order valence-corrected chi connectivity index (χ0v) is 12.0. The molecule has 1 heterocycles. The van der Waals surface area contributed by atoms with E-state index in [1.165, 1.54) is 16.9 Å². The van der Waals surface area contributed by atoms with E-state index in [-0.39, 0.29) is 5.91 Å². The summed E-state index contributed by atoms with van der Waals surface area (Å²) < 4.78 is 0.961. The molecule has 1 N–H and O–H groups in total. The van der Waals surface area contributed by atoms with Crippen LogP contribution in [0, 0.1) is 13.8 Å². The molecule has 2 rings (SSSR count). The van der Waals surface area contributed by atoms with Gasteiger partial charge in [0.25, 0.3) is 5.91 Å². The highest BCUT2D eigenvalue weighted by atomic mass is 79.9. The lowest BCUT2D eigenvalue weighted by Crippen LogP contribution is -2.11. The zero-order valence-electron chi connectivity index (χ0n) is 9.58. The van der Waals surface area contributed by atoms with Crippen molar-refractivity contribution in [2.75, 3.05) is 5.32 Å². The number of aryl methyl sites for hydroxylation is 2. The van der Waals surface area contributed by atoms with Gasteiger partial charge in [-0.2, -0.15) is 0 Å². The molecule has 1 aromatic carbocycles. The van der Waals surface area contributed by atoms with Crippen LogP contribution in [0.2, 0.25) is 0 Å². The van der Waals surface area contributed by atoms with E-state index >= 15 is 0 Å². The first kappa shape index (κ1) is 12.3. The van der Waals surface area contributed by atoms with Crippen LogP contribution in [0.1, 0.15) is 21.5 Å². The molecule has 2 nitrogen and oxygen atoms in total. The predicted molar refractivity (Wildman–Crippen MR) is 75.9 cm³/mol. The smallest absolute Gasteiger partial charge is 0.256 e. The average Bonchev–Trinajstić information content (AvgIpc) is 2.69. The second kappa shape index (κ2) is 5.02. The second-order valence-corrected chi connectivity index (χ2v) is 6.20. The van der Waals surface area contributed by atoms with Crippen molar-refractivity contribution in [3.8, 4) is 0 Å². The maximum Gasteiger partial charge on any atom is 0.256 e. The Bertz CT molecular complexity index is 562. The Hall–Kier alpha value is -1.13. The Balaban J connectivity index is 2.18. The van der Waals surface area contributed by atoms with E-state index < -0.39 is 0 Å². The zero-order chi connectivity index (χ0) is 12.4. The maximum atomic E-state index is 11.9. The van der Waals surface area contributed by atoms with Crippen LogP contribution in [-0.4, -0.2) is 5.91 Å². The molecular formula is C13H12BrNOS. The molecule has 0 aliphatic carbocycles. The molecule has 2 aromatic rings. The van der Waals surface area contributed by atoms with E-state index in [9.17, 15) is 4.79 Å². The van der Waals surface area contributed by atoms with Gasteiger partial charge >= 0.3 is 0 Å². The molecule has 4 heteroatoms. The minimum atomic E-state index is -0.0705. The molecule has 0 spiro atoms. The van der Waals surface area contributed by atoms with Crippen molar-refractivity contribution in [1.29, 1.82) is 0 Å². The molecule has 0 saturated carbocycles. The van der Waals surface area contributed by atoms with Gasteiger partial charge in [0.2, 0.25) is 0 Å². The molecule has 0 fully saturated rings. The number of hydrogen-bond donors (Lipinski definition) is 1. The summed E-state index contributed by atoms with van der Waals surface area (Å²) in [5, 5.41) is 4.75. The average molecular weight is 310 g/mol. The lowest BCUT2D eigenvalue weighted by Gasteiger charge is -2.08. The summed E-state index contributed by atoms with van der Waals surface area (Å²) in [6, 6.07) is 7.80.